The van der Waals surface area contributed by atoms with Gasteiger partial charge in [-0.25, -0.2) is 0 Å². The van der Waals surface area contributed by atoms with Crippen molar-refractivity contribution in [2.45, 2.75) is 29.9 Å². The van der Waals surface area contributed by atoms with Gasteiger partial charge < -0.3 is 0 Å². The first kappa shape index (κ1) is 26.2. The minimum atomic E-state index is -0.229. The molecule has 1 atom stereocenters. The van der Waals surface area contributed by atoms with Crippen molar-refractivity contribution >= 4 is 53.6 Å². The van der Waals surface area contributed by atoms with Crippen LogP contribution < -0.4 is 8.92 Å². The molecule has 0 bridgehead atoms. The molecule has 0 aromatic heterocycles. The van der Waals surface area contributed by atoms with Crippen LogP contribution in [0.25, 0.3) is 0 Å². The van der Waals surface area contributed by atoms with Crippen molar-refractivity contribution in [1.82, 2.24) is 0 Å². The van der Waals surface area contributed by atoms with Crippen molar-refractivity contribution in [3.63, 3.8) is 0 Å². The fourth-order valence-corrected chi connectivity index (χ4v) is 10.9. The van der Waals surface area contributed by atoms with Gasteiger partial charge in [0.1, 0.15) is 0 Å². The van der Waals surface area contributed by atoms with Crippen LogP contribution in [-0.2, 0) is 15.7 Å². The maximum atomic E-state index is 12.9. The number of carbonyl (C=O) groups excluding carboxylic acids is 1. The number of aryl methyl sites for hydroxylation is 2. The molecule has 0 aliphatic rings. The van der Waals surface area contributed by atoms with E-state index in [2.05, 4.69) is 72.8 Å². The predicted octanol–water partition coefficient (Wildman–Crippen LogP) is 4.40. The average Bonchev–Trinajstić information content (AvgIpc) is 2.84. The molecule has 3 rings (SSSR count). The SMILES string of the molecule is COPCCCCc1cc(C)c(C(=O)OC)c(C([Se]c2ccccc2)[Se]c2ccccc2)c1. The summed E-state index contributed by atoms with van der Waals surface area (Å²) in [7, 11) is 3.83. The molecule has 0 spiro atoms. The molecule has 0 heterocycles. The molecule has 33 heavy (non-hydrogen) atoms. The van der Waals surface area contributed by atoms with Crippen molar-refractivity contribution in [3.05, 3.63) is 95.1 Å². The van der Waals surface area contributed by atoms with Gasteiger partial charge >= 0.3 is 213 Å². The second kappa shape index (κ2) is 14.1. The van der Waals surface area contributed by atoms with Crippen molar-refractivity contribution < 1.29 is 14.1 Å². The molecular weight excluding hydrogens is 561 g/mol. The van der Waals surface area contributed by atoms with Crippen LogP contribution in [0.5, 0.6) is 0 Å². The summed E-state index contributed by atoms with van der Waals surface area (Å²) < 4.78 is 13.5. The van der Waals surface area contributed by atoms with Gasteiger partial charge in [0.15, 0.2) is 0 Å². The molecule has 0 radical (unpaired) electrons. The summed E-state index contributed by atoms with van der Waals surface area (Å²) in [6, 6.07) is 25.8. The average molecular weight is 592 g/mol. The van der Waals surface area contributed by atoms with Gasteiger partial charge in [0.25, 0.3) is 0 Å². The molecule has 0 fully saturated rings. The standard InChI is InChI=1S/C27H31O3PSe2/c1-20-18-21(12-10-11-17-31-30-3)19-24(25(20)26(28)29-2)27(32-22-13-6-4-7-14-22)33-23-15-8-5-9-16-23/h4-9,13-16,18-19,27,31H,10-12,17H2,1-3H3. The Morgan fingerprint density at radius 2 is 1.52 bits per heavy atom. The summed E-state index contributed by atoms with van der Waals surface area (Å²) in [5.74, 6) is -0.229. The van der Waals surface area contributed by atoms with Crippen molar-refractivity contribution in [1.29, 1.82) is 0 Å². The number of methoxy groups -OCH3 is 1. The van der Waals surface area contributed by atoms with E-state index in [4.69, 9.17) is 9.26 Å². The molecule has 0 aliphatic carbocycles. The van der Waals surface area contributed by atoms with E-state index in [-0.39, 0.29) is 35.9 Å². The molecule has 3 aromatic rings. The summed E-state index contributed by atoms with van der Waals surface area (Å²) in [4.78, 5) is 12.9. The van der Waals surface area contributed by atoms with Crippen LogP contribution in [0.1, 0.15) is 43.6 Å². The first-order valence-electron chi connectivity index (χ1n) is 11.0. The Hall–Kier alpha value is -1.44. The summed E-state index contributed by atoms with van der Waals surface area (Å²) >= 11 is 0.398. The summed E-state index contributed by atoms with van der Waals surface area (Å²) in [6.45, 7) is 2.05. The summed E-state index contributed by atoms with van der Waals surface area (Å²) in [6.07, 6.45) is 4.42. The van der Waals surface area contributed by atoms with E-state index < -0.39 is 0 Å². The van der Waals surface area contributed by atoms with Crippen LogP contribution in [0.15, 0.2) is 72.8 Å². The second-order valence-corrected chi connectivity index (χ2v) is 15.3. The minimum absolute atomic E-state index is 0.199. The third kappa shape index (κ3) is 8.07. The number of esters is 1. The maximum absolute atomic E-state index is 12.9. The molecule has 0 aliphatic heterocycles. The van der Waals surface area contributed by atoms with Crippen LogP contribution in [-0.4, -0.2) is 56.3 Å². The number of rotatable bonds is 12. The van der Waals surface area contributed by atoms with E-state index in [1.165, 1.54) is 21.6 Å². The Bertz CT molecular complexity index is 971. The molecule has 6 heteroatoms. The van der Waals surface area contributed by atoms with Gasteiger partial charge in [-0.15, -0.1) is 0 Å². The zero-order valence-corrected chi connectivity index (χ0v) is 23.8. The monoisotopic (exact) mass is 594 g/mol. The molecule has 1 unspecified atom stereocenters. The Morgan fingerprint density at radius 1 is 0.909 bits per heavy atom. The van der Waals surface area contributed by atoms with Crippen molar-refractivity contribution in [2.24, 2.45) is 0 Å². The van der Waals surface area contributed by atoms with Gasteiger partial charge in [-0.3, -0.25) is 0 Å². The number of unbranched alkanes of at least 4 members (excludes halogenated alkanes) is 1. The number of hydrogen-bond donors (Lipinski definition) is 0. The van der Waals surface area contributed by atoms with E-state index in [0.29, 0.717) is 12.5 Å². The van der Waals surface area contributed by atoms with Crippen LogP contribution in [0.2, 0.25) is 0 Å². The van der Waals surface area contributed by atoms with Gasteiger partial charge in [-0.2, -0.15) is 0 Å². The first-order valence-corrected chi connectivity index (χ1v) is 15.8. The zero-order chi connectivity index (χ0) is 23.5. The normalized spacial score (nSPS) is 11.4. The van der Waals surface area contributed by atoms with Crippen LogP contribution in [0.4, 0.5) is 0 Å². The van der Waals surface area contributed by atoms with Crippen molar-refractivity contribution in [3.8, 4) is 0 Å². The van der Waals surface area contributed by atoms with Crippen LogP contribution >= 0.6 is 8.81 Å². The van der Waals surface area contributed by atoms with Gasteiger partial charge in [0.2, 0.25) is 0 Å². The van der Waals surface area contributed by atoms with Crippen molar-refractivity contribution in [2.75, 3.05) is 20.4 Å². The molecule has 3 aromatic carbocycles. The summed E-state index contributed by atoms with van der Waals surface area (Å²) in [5.41, 5.74) is 4.24. The first-order chi connectivity index (χ1) is 16.1. The molecule has 0 amide bonds. The molecule has 0 saturated carbocycles. The topological polar surface area (TPSA) is 35.5 Å². The number of hydrogen-bond acceptors (Lipinski definition) is 3. The fourth-order valence-electron chi connectivity index (χ4n) is 3.63. The number of carbonyl (C=O) groups is 1. The van der Waals surface area contributed by atoms with E-state index in [0.717, 1.165) is 42.1 Å². The van der Waals surface area contributed by atoms with E-state index in [1.54, 1.807) is 7.11 Å². The van der Waals surface area contributed by atoms with E-state index in [1.807, 2.05) is 6.92 Å². The van der Waals surface area contributed by atoms with Gasteiger partial charge in [0, 0.05) is 0 Å². The molecule has 3 nitrogen and oxygen atoms in total. The molecule has 174 valence electrons. The molecule has 0 N–H and O–H groups in total. The molecular formula is C27H31O3PSe2. The third-order valence-electron chi connectivity index (χ3n) is 5.18. The van der Waals surface area contributed by atoms with Gasteiger partial charge in [-0.1, -0.05) is 0 Å². The Kier molecular flexibility index (Phi) is 11.2. The van der Waals surface area contributed by atoms with Gasteiger partial charge in [-0.05, 0) is 0 Å². The van der Waals surface area contributed by atoms with Gasteiger partial charge in [0.05, 0.1) is 0 Å². The second-order valence-electron chi connectivity index (χ2n) is 7.62. The third-order valence-corrected chi connectivity index (χ3v) is 12.4. The van der Waals surface area contributed by atoms with E-state index >= 15 is 0 Å². The Labute approximate surface area is 212 Å². The van der Waals surface area contributed by atoms with Crippen LogP contribution in [0, 0.1) is 6.92 Å². The Morgan fingerprint density at radius 3 is 2.06 bits per heavy atom. The number of benzene rings is 3. The Balaban J connectivity index is 1.98. The molecule has 0 saturated heterocycles. The quantitative estimate of drug-likeness (QED) is 0.136. The number of ether oxygens (including phenoxy) is 1. The fraction of sp³-hybridized carbons (Fsp3) is 0.296. The predicted molar refractivity (Wildman–Crippen MR) is 142 cm³/mol. The summed E-state index contributed by atoms with van der Waals surface area (Å²) in [5, 5.41) is 0. The van der Waals surface area contributed by atoms with Crippen LogP contribution in [0.3, 0.4) is 0 Å². The van der Waals surface area contributed by atoms with E-state index in [9.17, 15) is 4.79 Å². The zero-order valence-electron chi connectivity index (χ0n) is 19.4.